The van der Waals surface area contributed by atoms with Gasteiger partial charge in [-0.15, -0.1) is 0 Å². The molecule has 1 fully saturated rings. The summed E-state index contributed by atoms with van der Waals surface area (Å²) in [4.78, 5) is 23.3. The van der Waals surface area contributed by atoms with Crippen molar-refractivity contribution in [2.45, 2.75) is 12.8 Å². The minimum atomic E-state index is -0.977. The second-order valence-corrected chi connectivity index (χ2v) is 6.58. The molecule has 3 rings (SSSR count). The zero-order chi connectivity index (χ0) is 18.4. The molecule has 1 saturated carbocycles. The number of amides is 1. The van der Waals surface area contributed by atoms with E-state index in [1.807, 2.05) is 30.3 Å². The first-order chi connectivity index (χ1) is 12.6. The maximum absolute atomic E-state index is 12.5. The van der Waals surface area contributed by atoms with Crippen LogP contribution >= 0.6 is 0 Å². The molecule has 1 amide bonds. The summed E-state index contributed by atoms with van der Waals surface area (Å²) in [5.74, 6) is -0.368. The molecule has 0 unspecified atom stereocenters. The van der Waals surface area contributed by atoms with E-state index in [4.69, 9.17) is 9.84 Å². The number of rotatable bonds is 9. The first kappa shape index (κ1) is 17.8. The fourth-order valence-corrected chi connectivity index (χ4v) is 2.67. The number of carbonyl (C=O) groups is 2. The summed E-state index contributed by atoms with van der Waals surface area (Å²) in [6.07, 6.45) is 2.03. The highest BCUT2D eigenvalue weighted by Crippen LogP contribution is 2.45. The van der Waals surface area contributed by atoms with E-state index in [0.29, 0.717) is 24.4 Å². The van der Waals surface area contributed by atoms with Crippen molar-refractivity contribution in [2.24, 2.45) is 5.41 Å². The summed E-state index contributed by atoms with van der Waals surface area (Å²) in [5.41, 5.74) is 0.931. The zero-order valence-electron chi connectivity index (χ0n) is 14.4. The Kier molecular flexibility index (Phi) is 5.41. The standard InChI is InChI=1S/C20H22N2O4/c23-18(24)12-21-17-9-5-4-8-16(17)19(25)22-13-20(10-11-20)14-26-15-6-2-1-3-7-15/h1-9,21H,10-14H2,(H,22,25)(H,23,24). The van der Waals surface area contributed by atoms with Crippen LogP contribution in [0.3, 0.4) is 0 Å². The smallest absolute Gasteiger partial charge is 0.322 e. The van der Waals surface area contributed by atoms with E-state index < -0.39 is 5.97 Å². The van der Waals surface area contributed by atoms with Crippen LogP contribution in [-0.2, 0) is 4.79 Å². The lowest BCUT2D eigenvalue weighted by atomic mass is 10.1. The summed E-state index contributed by atoms with van der Waals surface area (Å²) >= 11 is 0. The topological polar surface area (TPSA) is 87.7 Å². The normalized spacial score (nSPS) is 14.3. The Hall–Kier alpha value is -3.02. The molecule has 3 N–H and O–H groups in total. The van der Waals surface area contributed by atoms with Crippen molar-refractivity contribution in [3.63, 3.8) is 0 Å². The summed E-state index contributed by atoms with van der Waals surface area (Å²) < 4.78 is 5.83. The van der Waals surface area contributed by atoms with E-state index in [2.05, 4.69) is 10.6 Å². The van der Waals surface area contributed by atoms with Gasteiger partial charge < -0.3 is 20.5 Å². The maximum Gasteiger partial charge on any atom is 0.322 e. The quantitative estimate of drug-likeness (QED) is 0.644. The van der Waals surface area contributed by atoms with Gasteiger partial charge in [0.1, 0.15) is 12.3 Å². The van der Waals surface area contributed by atoms with Gasteiger partial charge in [-0.1, -0.05) is 30.3 Å². The molecule has 1 aliphatic rings. The van der Waals surface area contributed by atoms with Gasteiger partial charge in [-0.25, -0.2) is 0 Å². The molecule has 0 aromatic heterocycles. The van der Waals surface area contributed by atoms with Crippen LogP contribution in [0.15, 0.2) is 54.6 Å². The third kappa shape index (κ3) is 4.75. The Morgan fingerprint density at radius 2 is 1.73 bits per heavy atom. The molecule has 6 nitrogen and oxygen atoms in total. The van der Waals surface area contributed by atoms with Gasteiger partial charge >= 0.3 is 5.97 Å². The number of benzene rings is 2. The van der Waals surface area contributed by atoms with Gasteiger partial charge in [0.15, 0.2) is 0 Å². The number of ether oxygens (including phenoxy) is 1. The summed E-state index contributed by atoms with van der Waals surface area (Å²) in [6.45, 7) is 0.862. The van der Waals surface area contributed by atoms with Crippen molar-refractivity contribution in [3.05, 3.63) is 60.2 Å². The summed E-state index contributed by atoms with van der Waals surface area (Å²) in [7, 11) is 0. The molecule has 0 atom stereocenters. The largest absolute Gasteiger partial charge is 0.493 e. The number of hydrogen-bond donors (Lipinski definition) is 3. The molecule has 6 heteroatoms. The first-order valence-electron chi connectivity index (χ1n) is 8.59. The van der Waals surface area contributed by atoms with E-state index in [-0.39, 0.29) is 17.9 Å². The van der Waals surface area contributed by atoms with Gasteiger partial charge in [0.25, 0.3) is 5.91 Å². The average molecular weight is 354 g/mol. The molecular weight excluding hydrogens is 332 g/mol. The monoisotopic (exact) mass is 354 g/mol. The second kappa shape index (κ2) is 7.91. The predicted octanol–water partition coefficient (Wildman–Crippen LogP) is 2.77. The second-order valence-electron chi connectivity index (χ2n) is 6.58. The van der Waals surface area contributed by atoms with Crippen LogP contribution in [0.5, 0.6) is 5.75 Å². The fourth-order valence-electron chi connectivity index (χ4n) is 2.67. The molecule has 136 valence electrons. The lowest BCUT2D eigenvalue weighted by molar-refractivity contribution is -0.134. The molecule has 2 aromatic rings. The number of nitrogens with one attached hydrogen (secondary N) is 2. The summed E-state index contributed by atoms with van der Waals surface area (Å²) in [5, 5.41) is 14.5. The van der Waals surface area contributed by atoms with Crippen LogP contribution in [0.4, 0.5) is 5.69 Å². The van der Waals surface area contributed by atoms with E-state index >= 15 is 0 Å². The molecule has 2 aromatic carbocycles. The molecule has 0 bridgehead atoms. The van der Waals surface area contributed by atoms with E-state index in [1.165, 1.54) is 0 Å². The lowest BCUT2D eigenvalue weighted by Gasteiger charge is -2.18. The third-order valence-corrected chi connectivity index (χ3v) is 4.47. The van der Waals surface area contributed by atoms with Crippen molar-refractivity contribution in [2.75, 3.05) is 25.0 Å². The molecule has 1 aliphatic carbocycles. The van der Waals surface area contributed by atoms with Crippen LogP contribution in [0.2, 0.25) is 0 Å². The van der Waals surface area contributed by atoms with Crippen molar-refractivity contribution < 1.29 is 19.4 Å². The Bertz CT molecular complexity index is 772. The number of anilines is 1. The van der Waals surface area contributed by atoms with Crippen LogP contribution in [0.1, 0.15) is 23.2 Å². The predicted molar refractivity (Wildman–Crippen MR) is 98.5 cm³/mol. The number of carbonyl (C=O) groups excluding carboxylic acids is 1. The SMILES string of the molecule is O=C(O)CNc1ccccc1C(=O)NCC1(COc2ccccc2)CC1. The Morgan fingerprint density at radius 1 is 1.04 bits per heavy atom. The van der Waals surface area contributed by atoms with E-state index in [1.54, 1.807) is 24.3 Å². The number of para-hydroxylation sites is 2. The van der Waals surface area contributed by atoms with Crippen LogP contribution in [0.25, 0.3) is 0 Å². The molecule has 0 aliphatic heterocycles. The molecule has 0 spiro atoms. The lowest BCUT2D eigenvalue weighted by Crippen LogP contribution is -2.33. The maximum atomic E-state index is 12.5. The van der Waals surface area contributed by atoms with Gasteiger partial charge in [0.05, 0.1) is 12.2 Å². The van der Waals surface area contributed by atoms with Crippen LogP contribution < -0.4 is 15.4 Å². The molecular formula is C20H22N2O4. The number of aliphatic carboxylic acids is 1. The van der Waals surface area contributed by atoms with Crippen LogP contribution in [0, 0.1) is 5.41 Å². The third-order valence-electron chi connectivity index (χ3n) is 4.47. The highest BCUT2D eigenvalue weighted by Gasteiger charge is 2.43. The molecule has 0 radical (unpaired) electrons. The molecule has 0 saturated heterocycles. The Morgan fingerprint density at radius 3 is 2.42 bits per heavy atom. The van der Waals surface area contributed by atoms with Crippen molar-refractivity contribution >= 4 is 17.6 Å². The average Bonchev–Trinajstić information content (AvgIpc) is 3.44. The fraction of sp³-hybridized carbons (Fsp3) is 0.300. The highest BCUT2D eigenvalue weighted by molar-refractivity contribution is 6.00. The van der Waals surface area contributed by atoms with Gasteiger partial charge in [0.2, 0.25) is 0 Å². The van der Waals surface area contributed by atoms with E-state index in [0.717, 1.165) is 18.6 Å². The number of carboxylic acid groups (broad SMARTS) is 1. The van der Waals surface area contributed by atoms with Gasteiger partial charge in [-0.3, -0.25) is 9.59 Å². The Balaban J connectivity index is 1.54. The molecule has 26 heavy (non-hydrogen) atoms. The van der Waals surface area contributed by atoms with E-state index in [9.17, 15) is 9.59 Å². The molecule has 0 heterocycles. The van der Waals surface area contributed by atoms with Gasteiger partial charge in [0, 0.05) is 17.6 Å². The van der Waals surface area contributed by atoms with Gasteiger partial charge in [-0.2, -0.15) is 0 Å². The minimum Gasteiger partial charge on any atom is -0.493 e. The Labute approximate surface area is 152 Å². The highest BCUT2D eigenvalue weighted by atomic mass is 16.5. The van der Waals surface area contributed by atoms with Crippen LogP contribution in [-0.4, -0.2) is 36.7 Å². The van der Waals surface area contributed by atoms with Gasteiger partial charge in [-0.05, 0) is 37.1 Å². The van der Waals surface area contributed by atoms with Crippen molar-refractivity contribution in [3.8, 4) is 5.75 Å². The van der Waals surface area contributed by atoms with Crippen molar-refractivity contribution in [1.82, 2.24) is 5.32 Å². The van der Waals surface area contributed by atoms with Crippen molar-refractivity contribution in [1.29, 1.82) is 0 Å². The number of hydrogen-bond acceptors (Lipinski definition) is 4. The minimum absolute atomic E-state index is 0.0189. The summed E-state index contributed by atoms with van der Waals surface area (Å²) in [6, 6.07) is 16.5. The zero-order valence-corrected chi connectivity index (χ0v) is 14.4. The first-order valence-corrected chi connectivity index (χ1v) is 8.59. The number of carboxylic acids is 1.